The Morgan fingerprint density at radius 1 is 1.36 bits per heavy atom. The van der Waals surface area contributed by atoms with Crippen molar-refractivity contribution >= 4 is 5.78 Å². The molecule has 5 heteroatoms. The molecule has 5 nitrogen and oxygen atoms in total. The zero-order valence-electron chi connectivity index (χ0n) is 12.5. The minimum Gasteiger partial charge on any atom is -0.504 e. The molecule has 2 N–H and O–H groups in total. The molecular weight excluding hydrogens is 282 g/mol. The third kappa shape index (κ3) is 1.13. The van der Waals surface area contributed by atoms with E-state index in [1.807, 2.05) is 13.1 Å². The fourth-order valence-corrected chi connectivity index (χ4v) is 5.54. The van der Waals surface area contributed by atoms with Crippen LogP contribution in [0.25, 0.3) is 0 Å². The van der Waals surface area contributed by atoms with Crippen molar-refractivity contribution in [1.29, 1.82) is 0 Å². The SMILES string of the molecule is CN1CC[C@]23c4c5ccc(O)c4O[C@@H]2C(=O)CC[C@@]3(O)[C@H]1C5. The third-order valence-electron chi connectivity index (χ3n) is 6.53. The van der Waals surface area contributed by atoms with Crippen LogP contribution in [-0.2, 0) is 16.6 Å². The quantitative estimate of drug-likeness (QED) is 0.740. The number of likely N-dealkylation sites (tertiary alicyclic amines) is 1. The van der Waals surface area contributed by atoms with Crippen LogP contribution in [0.2, 0.25) is 0 Å². The number of hydrogen-bond acceptors (Lipinski definition) is 5. The number of carbonyl (C=O) groups is 1. The first-order chi connectivity index (χ1) is 10.5. The summed E-state index contributed by atoms with van der Waals surface area (Å²) < 4.78 is 5.94. The van der Waals surface area contributed by atoms with Gasteiger partial charge in [0, 0.05) is 18.0 Å². The molecule has 1 saturated carbocycles. The maximum Gasteiger partial charge on any atom is 0.174 e. The Labute approximate surface area is 128 Å². The number of ether oxygens (including phenoxy) is 1. The largest absolute Gasteiger partial charge is 0.504 e. The number of phenols is 1. The molecule has 5 rings (SSSR count). The summed E-state index contributed by atoms with van der Waals surface area (Å²) in [5.41, 5.74) is 0.370. The van der Waals surface area contributed by atoms with Crippen LogP contribution in [0.3, 0.4) is 0 Å². The summed E-state index contributed by atoms with van der Waals surface area (Å²) in [4.78, 5) is 14.7. The van der Waals surface area contributed by atoms with Crippen LogP contribution in [0.4, 0.5) is 0 Å². The predicted molar refractivity (Wildman–Crippen MR) is 78.1 cm³/mol. The van der Waals surface area contributed by atoms with E-state index >= 15 is 0 Å². The molecular formula is C17H19NO4. The lowest BCUT2D eigenvalue weighted by Gasteiger charge is -2.61. The van der Waals surface area contributed by atoms with Crippen LogP contribution in [0.15, 0.2) is 12.1 Å². The molecule has 4 atom stereocenters. The highest BCUT2D eigenvalue weighted by atomic mass is 16.5. The second kappa shape index (κ2) is 3.66. The van der Waals surface area contributed by atoms with E-state index in [1.54, 1.807) is 6.07 Å². The highest BCUT2D eigenvalue weighted by molar-refractivity contribution is 5.90. The van der Waals surface area contributed by atoms with Crippen molar-refractivity contribution in [1.82, 2.24) is 4.90 Å². The molecule has 0 amide bonds. The standard InChI is InChI=1S/C17H19NO4/c1-18-7-6-16-13-9-2-3-10(19)14(13)22-15(16)11(20)4-5-17(16,21)12(18)8-9/h2-3,12,15,19,21H,4-8H2,1H3/t12-,15-,16+,17-/m1/s1. The molecule has 2 heterocycles. The van der Waals surface area contributed by atoms with Crippen molar-refractivity contribution in [3.8, 4) is 11.5 Å². The van der Waals surface area contributed by atoms with E-state index in [0.29, 0.717) is 25.0 Å². The van der Waals surface area contributed by atoms with Gasteiger partial charge in [0.15, 0.2) is 23.4 Å². The fraction of sp³-hybridized carbons (Fsp3) is 0.588. The maximum atomic E-state index is 12.5. The first-order valence-corrected chi connectivity index (χ1v) is 7.96. The van der Waals surface area contributed by atoms with Crippen molar-refractivity contribution < 1.29 is 19.7 Å². The van der Waals surface area contributed by atoms with Crippen molar-refractivity contribution in [2.75, 3.05) is 13.6 Å². The second-order valence-corrected chi connectivity index (χ2v) is 7.26. The van der Waals surface area contributed by atoms with Crippen molar-refractivity contribution in [2.24, 2.45) is 0 Å². The smallest absolute Gasteiger partial charge is 0.174 e. The normalized spacial score (nSPS) is 42.0. The summed E-state index contributed by atoms with van der Waals surface area (Å²) in [5, 5.41) is 21.8. The first-order valence-electron chi connectivity index (χ1n) is 7.96. The average Bonchev–Trinajstić information content (AvgIpc) is 2.85. The van der Waals surface area contributed by atoms with Crippen molar-refractivity contribution in [3.05, 3.63) is 23.3 Å². The summed E-state index contributed by atoms with van der Waals surface area (Å²) in [6.07, 6.45) is 1.61. The third-order valence-corrected chi connectivity index (χ3v) is 6.53. The Kier molecular flexibility index (Phi) is 2.15. The van der Waals surface area contributed by atoms with Gasteiger partial charge in [0.1, 0.15) is 0 Å². The van der Waals surface area contributed by atoms with Crippen LogP contribution in [0.5, 0.6) is 11.5 Å². The van der Waals surface area contributed by atoms with Crippen LogP contribution >= 0.6 is 0 Å². The van der Waals surface area contributed by atoms with Gasteiger partial charge in [-0.3, -0.25) is 4.79 Å². The molecule has 116 valence electrons. The average molecular weight is 301 g/mol. The molecule has 2 aliphatic heterocycles. The molecule has 2 bridgehead atoms. The number of hydrogen-bond donors (Lipinski definition) is 2. The van der Waals surface area contributed by atoms with Gasteiger partial charge in [-0.1, -0.05) is 6.07 Å². The summed E-state index contributed by atoms with van der Waals surface area (Å²) in [7, 11) is 2.04. The fourth-order valence-electron chi connectivity index (χ4n) is 5.54. The molecule has 0 radical (unpaired) electrons. The molecule has 2 fully saturated rings. The Balaban J connectivity index is 1.88. The van der Waals surface area contributed by atoms with Gasteiger partial charge in [-0.15, -0.1) is 0 Å². The Bertz CT molecular complexity index is 717. The van der Waals surface area contributed by atoms with E-state index in [1.165, 1.54) is 0 Å². The topological polar surface area (TPSA) is 70.0 Å². The lowest BCUT2D eigenvalue weighted by atomic mass is 9.49. The van der Waals surface area contributed by atoms with Gasteiger partial charge in [0.05, 0.1) is 11.0 Å². The van der Waals surface area contributed by atoms with Gasteiger partial charge < -0.3 is 19.8 Å². The summed E-state index contributed by atoms with van der Waals surface area (Å²) >= 11 is 0. The zero-order chi connectivity index (χ0) is 15.3. The zero-order valence-corrected chi connectivity index (χ0v) is 12.5. The van der Waals surface area contributed by atoms with Crippen molar-refractivity contribution in [2.45, 2.75) is 48.8 Å². The van der Waals surface area contributed by atoms with Crippen LogP contribution in [0, 0.1) is 0 Å². The number of aliphatic hydroxyl groups is 1. The molecule has 1 aromatic carbocycles. The van der Waals surface area contributed by atoms with Crippen LogP contribution in [-0.4, -0.2) is 52.2 Å². The van der Waals surface area contributed by atoms with Crippen molar-refractivity contribution in [3.63, 3.8) is 0 Å². The Morgan fingerprint density at radius 2 is 2.18 bits per heavy atom. The van der Waals surface area contributed by atoms with E-state index in [4.69, 9.17) is 4.74 Å². The summed E-state index contributed by atoms with van der Waals surface area (Å²) in [6.45, 7) is 0.828. The van der Waals surface area contributed by atoms with E-state index in [0.717, 1.165) is 24.1 Å². The molecule has 2 aliphatic carbocycles. The number of phenolic OH excluding ortho intramolecular Hbond substituents is 1. The van der Waals surface area contributed by atoms with Gasteiger partial charge in [-0.05, 0) is 44.5 Å². The lowest BCUT2D eigenvalue weighted by Crippen LogP contribution is -2.76. The molecule has 4 aliphatic rings. The highest BCUT2D eigenvalue weighted by Crippen LogP contribution is 2.64. The minimum absolute atomic E-state index is 0.00319. The lowest BCUT2D eigenvalue weighted by molar-refractivity contribution is -0.185. The predicted octanol–water partition coefficient (Wildman–Crippen LogP) is 0.745. The molecule has 0 unspecified atom stereocenters. The van der Waals surface area contributed by atoms with Gasteiger partial charge in [-0.2, -0.15) is 0 Å². The van der Waals surface area contributed by atoms with E-state index in [9.17, 15) is 15.0 Å². The number of aromatic hydroxyl groups is 1. The Morgan fingerprint density at radius 3 is 3.00 bits per heavy atom. The number of ketones is 1. The molecule has 1 saturated heterocycles. The number of piperidine rings is 1. The molecule has 1 aromatic rings. The Hall–Kier alpha value is -1.59. The summed E-state index contributed by atoms with van der Waals surface area (Å²) in [6, 6.07) is 3.57. The van der Waals surface area contributed by atoms with E-state index < -0.39 is 17.1 Å². The number of carbonyl (C=O) groups excluding carboxylic acids is 1. The molecule has 22 heavy (non-hydrogen) atoms. The number of Topliss-reactive ketones (excluding diaryl/α,β-unsaturated/α-hetero) is 1. The number of rotatable bonds is 0. The van der Waals surface area contributed by atoms with E-state index in [2.05, 4.69) is 4.90 Å². The van der Waals surface area contributed by atoms with Crippen LogP contribution < -0.4 is 4.74 Å². The van der Waals surface area contributed by atoms with E-state index in [-0.39, 0.29) is 17.6 Å². The highest BCUT2D eigenvalue weighted by Gasteiger charge is 2.72. The minimum atomic E-state index is -0.954. The summed E-state index contributed by atoms with van der Waals surface area (Å²) in [5.74, 6) is 0.561. The first kappa shape index (κ1) is 12.9. The molecule has 0 aromatic heterocycles. The van der Waals surface area contributed by atoms with Gasteiger partial charge >= 0.3 is 0 Å². The number of likely N-dealkylation sites (N-methyl/N-ethyl adjacent to an activating group) is 1. The molecule has 1 spiro atoms. The van der Waals surface area contributed by atoms with Gasteiger partial charge in [0.2, 0.25) is 0 Å². The number of benzene rings is 1. The van der Waals surface area contributed by atoms with Gasteiger partial charge in [0.25, 0.3) is 0 Å². The maximum absolute atomic E-state index is 12.5. The second-order valence-electron chi connectivity index (χ2n) is 7.26. The van der Waals surface area contributed by atoms with Gasteiger partial charge in [-0.25, -0.2) is 0 Å². The monoisotopic (exact) mass is 301 g/mol. The van der Waals surface area contributed by atoms with Crippen LogP contribution in [0.1, 0.15) is 30.4 Å². The number of nitrogens with zero attached hydrogens (tertiary/aromatic N) is 1.